The fourth-order valence-electron chi connectivity index (χ4n) is 2.42. The van der Waals surface area contributed by atoms with Crippen LogP contribution in [0.4, 0.5) is 0 Å². The maximum Gasteiger partial charge on any atom is 0.270 e. The first-order chi connectivity index (χ1) is 8.52. The summed E-state index contributed by atoms with van der Waals surface area (Å²) >= 11 is 3.44. The Morgan fingerprint density at radius 3 is 2.79 bits per heavy atom. The van der Waals surface area contributed by atoms with Crippen LogP contribution >= 0.6 is 28.3 Å². The Morgan fingerprint density at radius 2 is 2.26 bits per heavy atom. The van der Waals surface area contributed by atoms with Crippen LogP contribution in [0, 0.1) is 5.92 Å². The molecule has 19 heavy (non-hydrogen) atoms. The summed E-state index contributed by atoms with van der Waals surface area (Å²) < 4.78 is 2.97. The quantitative estimate of drug-likeness (QED) is 0.911. The summed E-state index contributed by atoms with van der Waals surface area (Å²) in [6.07, 6.45) is 2.99. The molecule has 4 nitrogen and oxygen atoms in total. The van der Waals surface area contributed by atoms with E-state index < -0.39 is 0 Å². The molecule has 108 valence electrons. The monoisotopic (exact) mass is 349 g/mol. The van der Waals surface area contributed by atoms with Crippen molar-refractivity contribution in [1.29, 1.82) is 0 Å². The summed E-state index contributed by atoms with van der Waals surface area (Å²) in [5.74, 6) is 0.574. The summed E-state index contributed by atoms with van der Waals surface area (Å²) in [6.45, 7) is 6.43. The summed E-state index contributed by atoms with van der Waals surface area (Å²) in [7, 11) is 0. The van der Waals surface area contributed by atoms with E-state index in [2.05, 4.69) is 29.8 Å². The van der Waals surface area contributed by atoms with Gasteiger partial charge in [-0.3, -0.25) is 4.79 Å². The second-order valence-corrected chi connectivity index (χ2v) is 6.10. The molecular formula is C13H21BrClN3O. The van der Waals surface area contributed by atoms with Crippen LogP contribution in [0.25, 0.3) is 0 Å². The lowest BCUT2D eigenvalue weighted by Crippen LogP contribution is -2.31. The topological polar surface area (TPSA) is 51.3 Å². The molecule has 1 aliphatic heterocycles. The molecule has 0 saturated carbocycles. The number of halogens is 2. The predicted octanol–water partition coefficient (Wildman–Crippen LogP) is 2.67. The fraction of sp³-hybridized carbons (Fsp3) is 0.615. The number of carbonyl (C=O) groups excluding carboxylic acids is 1. The first-order valence-corrected chi connectivity index (χ1v) is 7.19. The molecule has 1 amide bonds. The van der Waals surface area contributed by atoms with Gasteiger partial charge in [0.2, 0.25) is 0 Å². The second-order valence-electron chi connectivity index (χ2n) is 5.19. The van der Waals surface area contributed by atoms with E-state index in [0.29, 0.717) is 12.5 Å². The lowest BCUT2D eigenvalue weighted by atomic mass is 10.1. The first-order valence-electron chi connectivity index (χ1n) is 6.39. The van der Waals surface area contributed by atoms with Crippen LogP contribution in [0.5, 0.6) is 0 Å². The molecule has 1 aromatic rings. The van der Waals surface area contributed by atoms with Gasteiger partial charge in [0.25, 0.3) is 5.91 Å². The van der Waals surface area contributed by atoms with Crippen LogP contribution < -0.4 is 5.73 Å². The SMILES string of the molecule is CC(C)n1cc(Br)cc1C(=O)N1CCC(CN)C1.Cl. The molecule has 1 aromatic heterocycles. The summed E-state index contributed by atoms with van der Waals surface area (Å²) in [5, 5.41) is 0. The van der Waals surface area contributed by atoms with Gasteiger partial charge in [0.05, 0.1) is 0 Å². The number of hydrogen-bond donors (Lipinski definition) is 1. The van der Waals surface area contributed by atoms with Crippen LogP contribution in [0.15, 0.2) is 16.7 Å². The van der Waals surface area contributed by atoms with Crippen LogP contribution in [-0.4, -0.2) is 35.0 Å². The Hall–Kier alpha value is -0.520. The van der Waals surface area contributed by atoms with E-state index in [4.69, 9.17) is 5.73 Å². The first kappa shape index (κ1) is 16.5. The molecule has 1 saturated heterocycles. The van der Waals surface area contributed by atoms with Crippen molar-refractivity contribution < 1.29 is 4.79 Å². The highest BCUT2D eigenvalue weighted by molar-refractivity contribution is 9.10. The number of rotatable bonds is 3. The molecule has 2 heterocycles. The molecular weight excluding hydrogens is 330 g/mol. The molecule has 1 atom stereocenters. The molecule has 2 N–H and O–H groups in total. The molecule has 0 spiro atoms. The third-order valence-corrected chi connectivity index (χ3v) is 3.93. The Kier molecular flexibility index (Phi) is 5.89. The van der Waals surface area contributed by atoms with E-state index in [-0.39, 0.29) is 24.4 Å². The molecule has 0 aliphatic carbocycles. The van der Waals surface area contributed by atoms with Gasteiger partial charge < -0.3 is 15.2 Å². The molecule has 0 bridgehead atoms. The van der Waals surface area contributed by atoms with Gasteiger partial charge >= 0.3 is 0 Å². The highest BCUT2D eigenvalue weighted by atomic mass is 79.9. The number of hydrogen-bond acceptors (Lipinski definition) is 2. The minimum Gasteiger partial charge on any atom is -0.340 e. The summed E-state index contributed by atoms with van der Waals surface area (Å²) in [4.78, 5) is 14.4. The zero-order chi connectivity index (χ0) is 13.3. The Balaban J connectivity index is 0.00000180. The van der Waals surface area contributed by atoms with E-state index in [1.807, 2.05) is 21.7 Å². The molecule has 0 radical (unpaired) electrons. The third-order valence-electron chi connectivity index (χ3n) is 3.50. The largest absolute Gasteiger partial charge is 0.340 e. The number of carbonyl (C=O) groups is 1. The highest BCUT2D eigenvalue weighted by Crippen LogP contribution is 2.23. The Bertz CT molecular complexity index is 447. The average Bonchev–Trinajstić information content (AvgIpc) is 2.94. The fourth-order valence-corrected chi connectivity index (χ4v) is 2.85. The number of nitrogens with zero attached hydrogens (tertiary/aromatic N) is 2. The van der Waals surface area contributed by atoms with Crippen LogP contribution in [0.1, 0.15) is 36.8 Å². The van der Waals surface area contributed by atoms with Crippen molar-refractivity contribution in [3.63, 3.8) is 0 Å². The van der Waals surface area contributed by atoms with Crippen LogP contribution in [0.2, 0.25) is 0 Å². The van der Waals surface area contributed by atoms with Crippen molar-refractivity contribution in [2.75, 3.05) is 19.6 Å². The van der Waals surface area contributed by atoms with E-state index >= 15 is 0 Å². The smallest absolute Gasteiger partial charge is 0.270 e. The Labute approximate surface area is 128 Å². The van der Waals surface area contributed by atoms with E-state index in [0.717, 1.165) is 29.7 Å². The van der Waals surface area contributed by atoms with E-state index in [1.165, 1.54) is 0 Å². The number of aromatic nitrogens is 1. The maximum absolute atomic E-state index is 12.5. The van der Waals surface area contributed by atoms with Crippen molar-refractivity contribution in [1.82, 2.24) is 9.47 Å². The molecule has 0 aromatic carbocycles. The summed E-state index contributed by atoms with van der Waals surface area (Å²) in [6, 6.07) is 2.18. The van der Waals surface area contributed by atoms with Gasteiger partial charge in [-0.1, -0.05) is 0 Å². The molecule has 1 aliphatic rings. The minimum atomic E-state index is 0. The average molecular weight is 351 g/mol. The second kappa shape index (κ2) is 6.77. The standard InChI is InChI=1S/C13H20BrN3O.ClH/c1-9(2)17-8-11(14)5-12(17)13(18)16-4-3-10(6-15)7-16;/h5,8-10H,3-4,6-7,15H2,1-2H3;1H. The van der Waals surface area contributed by atoms with Crippen LogP contribution in [0.3, 0.4) is 0 Å². The van der Waals surface area contributed by atoms with Crippen molar-refractivity contribution in [3.8, 4) is 0 Å². The molecule has 1 unspecified atom stereocenters. The van der Waals surface area contributed by atoms with Crippen molar-refractivity contribution in [2.45, 2.75) is 26.3 Å². The number of nitrogens with two attached hydrogens (primary N) is 1. The van der Waals surface area contributed by atoms with E-state index in [1.54, 1.807) is 0 Å². The Morgan fingerprint density at radius 1 is 1.58 bits per heavy atom. The molecule has 2 rings (SSSR count). The molecule has 1 fully saturated rings. The zero-order valence-electron chi connectivity index (χ0n) is 11.3. The van der Waals surface area contributed by atoms with Gasteiger partial charge in [0, 0.05) is 29.8 Å². The maximum atomic E-state index is 12.5. The molecule has 6 heteroatoms. The van der Waals surface area contributed by atoms with Crippen molar-refractivity contribution in [3.05, 3.63) is 22.4 Å². The van der Waals surface area contributed by atoms with Crippen molar-refractivity contribution >= 4 is 34.2 Å². The van der Waals surface area contributed by atoms with Gasteiger partial charge in [-0.15, -0.1) is 12.4 Å². The lowest BCUT2D eigenvalue weighted by molar-refractivity contribution is 0.0775. The minimum absolute atomic E-state index is 0. The number of likely N-dealkylation sites (tertiary alicyclic amines) is 1. The van der Waals surface area contributed by atoms with Crippen molar-refractivity contribution in [2.24, 2.45) is 11.7 Å². The van der Waals surface area contributed by atoms with Gasteiger partial charge in [-0.05, 0) is 54.7 Å². The third kappa shape index (κ3) is 3.52. The van der Waals surface area contributed by atoms with Gasteiger partial charge in [-0.25, -0.2) is 0 Å². The number of amides is 1. The highest BCUT2D eigenvalue weighted by Gasteiger charge is 2.28. The summed E-state index contributed by atoms with van der Waals surface area (Å²) in [5.41, 5.74) is 6.43. The van der Waals surface area contributed by atoms with Gasteiger partial charge in [0.1, 0.15) is 5.69 Å². The lowest BCUT2D eigenvalue weighted by Gasteiger charge is -2.19. The zero-order valence-corrected chi connectivity index (χ0v) is 13.7. The van der Waals surface area contributed by atoms with Crippen LogP contribution in [-0.2, 0) is 0 Å². The predicted molar refractivity (Wildman–Crippen MR) is 82.8 cm³/mol. The van der Waals surface area contributed by atoms with E-state index in [9.17, 15) is 4.79 Å². The van der Waals surface area contributed by atoms with Gasteiger partial charge in [-0.2, -0.15) is 0 Å². The normalized spacial score (nSPS) is 18.8. The van der Waals surface area contributed by atoms with Gasteiger partial charge in [0.15, 0.2) is 0 Å².